The maximum atomic E-state index is 12.2. The topological polar surface area (TPSA) is 20.3 Å². The van der Waals surface area contributed by atoms with Crippen molar-refractivity contribution in [1.82, 2.24) is 4.90 Å². The highest BCUT2D eigenvalue weighted by Gasteiger charge is 2.32. The van der Waals surface area contributed by atoms with E-state index in [1.165, 1.54) is 25.7 Å². The molecule has 0 spiro atoms. The second-order valence-corrected chi connectivity index (χ2v) is 6.43. The Labute approximate surface area is 137 Å². The van der Waals surface area contributed by atoms with E-state index in [1.807, 2.05) is 0 Å². The Bertz CT molecular complexity index is 342. The minimum absolute atomic E-state index is 0.344. The lowest BCUT2D eigenvalue weighted by molar-refractivity contribution is -0.132. The first kappa shape index (κ1) is 19.0. The molecule has 22 heavy (non-hydrogen) atoms. The van der Waals surface area contributed by atoms with Gasteiger partial charge in [0.2, 0.25) is 5.91 Å². The zero-order valence-corrected chi connectivity index (χ0v) is 14.7. The van der Waals surface area contributed by atoms with Crippen molar-refractivity contribution in [2.24, 2.45) is 5.92 Å². The molecule has 0 saturated heterocycles. The van der Waals surface area contributed by atoms with Crippen LogP contribution < -0.4 is 0 Å². The smallest absolute Gasteiger partial charge is 0.225 e. The molecular weight excluding hydrogens is 270 g/mol. The van der Waals surface area contributed by atoms with Gasteiger partial charge in [0.05, 0.1) is 0 Å². The van der Waals surface area contributed by atoms with Gasteiger partial charge in [-0.25, -0.2) is 0 Å². The molecule has 0 atom stereocenters. The second kappa shape index (κ2) is 12.5. The molecule has 0 radical (unpaired) electrons. The maximum Gasteiger partial charge on any atom is 0.225 e. The Morgan fingerprint density at radius 2 is 1.55 bits per heavy atom. The summed E-state index contributed by atoms with van der Waals surface area (Å²) in [6, 6.07) is 0. The second-order valence-electron chi connectivity index (χ2n) is 6.43. The number of allylic oxidation sites excluding steroid dienone is 3. The lowest BCUT2D eigenvalue weighted by atomic mass is 10.2. The van der Waals surface area contributed by atoms with Crippen LogP contribution in [0.25, 0.3) is 0 Å². The van der Waals surface area contributed by atoms with Crippen molar-refractivity contribution in [1.29, 1.82) is 0 Å². The minimum atomic E-state index is 0.344. The molecule has 0 N–H and O–H groups in total. The summed E-state index contributed by atoms with van der Waals surface area (Å²) in [7, 11) is 0. The molecule has 1 saturated carbocycles. The van der Waals surface area contributed by atoms with Crippen LogP contribution in [0.3, 0.4) is 0 Å². The predicted molar refractivity (Wildman–Crippen MR) is 95.9 cm³/mol. The largest absolute Gasteiger partial charge is 0.339 e. The van der Waals surface area contributed by atoms with Crippen molar-refractivity contribution in [3.05, 3.63) is 24.3 Å². The first-order chi connectivity index (χ1) is 10.8. The van der Waals surface area contributed by atoms with Gasteiger partial charge in [-0.1, -0.05) is 57.4 Å². The SMILES string of the molecule is CCCCC/C=C\CC/C=C/CN(CCCC)C(=O)C1CC1. The summed E-state index contributed by atoms with van der Waals surface area (Å²) < 4.78 is 0. The van der Waals surface area contributed by atoms with Gasteiger partial charge in [-0.05, 0) is 44.9 Å². The van der Waals surface area contributed by atoms with Crippen LogP contribution in [0.5, 0.6) is 0 Å². The number of hydrogen-bond donors (Lipinski definition) is 0. The van der Waals surface area contributed by atoms with Crippen LogP contribution >= 0.6 is 0 Å². The first-order valence-electron chi connectivity index (χ1n) is 9.38. The van der Waals surface area contributed by atoms with E-state index >= 15 is 0 Å². The molecule has 0 aromatic carbocycles. The van der Waals surface area contributed by atoms with Gasteiger partial charge in [0.1, 0.15) is 0 Å². The van der Waals surface area contributed by atoms with Crippen LogP contribution in [0.15, 0.2) is 24.3 Å². The lowest BCUT2D eigenvalue weighted by Crippen LogP contribution is -2.33. The van der Waals surface area contributed by atoms with Crippen molar-refractivity contribution in [3.63, 3.8) is 0 Å². The van der Waals surface area contributed by atoms with Gasteiger partial charge in [-0.2, -0.15) is 0 Å². The molecule has 0 aromatic rings. The third-order valence-corrected chi connectivity index (χ3v) is 4.15. The van der Waals surface area contributed by atoms with Gasteiger partial charge in [0.15, 0.2) is 0 Å². The standard InChI is InChI=1S/C20H35NO/c1-3-5-7-8-9-10-11-12-13-14-18-21(17-6-4-2)20(22)19-15-16-19/h9-10,13-14,19H,3-8,11-12,15-18H2,1-2H3/b10-9-,14-13+. The quantitative estimate of drug-likeness (QED) is 0.325. The van der Waals surface area contributed by atoms with Crippen molar-refractivity contribution >= 4 is 5.91 Å². The van der Waals surface area contributed by atoms with Crippen molar-refractivity contribution in [2.75, 3.05) is 13.1 Å². The molecule has 0 aliphatic heterocycles. The van der Waals surface area contributed by atoms with Crippen LogP contribution in [-0.4, -0.2) is 23.9 Å². The summed E-state index contributed by atoms with van der Waals surface area (Å²) in [5.41, 5.74) is 0. The molecule has 1 aliphatic carbocycles. The van der Waals surface area contributed by atoms with E-state index in [4.69, 9.17) is 0 Å². The Morgan fingerprint density at radius 1 is 0.909 bits per heavy atom. The molecule has 0 unspecified atom stereocenters. The van der Waals surface area contributed by atoms with Gasteiger partial charge in [0.25, 0.3) is 0 Å². The van der Waals surface area contributed by atoms with Crippen LogP contribution in [0, 0.1) is 5.92 Å². The summed E-state index contributed by atoms with van der Waals surface area (Å²) >= 11 is 0. The van der Waals surface area contributed by atoms with Crippen LogP contribution in [0.1, 0.15) is 78.1 Å². The van der Waals surface area contributed by atoms with Gasteiger partial charge in [-0.3, -0.25) is 4.79 Å². The molecule has 1 amide bonds. The van der Waals surface area contributed by atoms with Crippen molar-refractivity contribution in [3.8, 4) is 0 Å². The van der Waals surface area contributed by atoms with E-state index in [0.29, 0.717) is 11.8 Å². The molecule has 1 rings (SSSR count). The number of carbonyl (C=O) groups excluding carboxylic acids is 1. The molecule has 0 aromatic heterocycles. The van der Waals surface area contributed by atoms with Gasteiger partial charge < -0.3 is 4.90 Å². The number of nitrogens with zero attached hydrogens (tertiary/aromatic N) is 1. The van der Waals surface area contributed by atoms with Crippen molar-refractivity contribution in [2.45, 2.75) is 78.1 Å². The normalized spacial score (nSPS) is 15.0. The van der Waals surface area contributed by atoms with Gasteiger partial charge >= 0.3 is 0 Å². The van der Waals surface area contributed by atoms with E-state index in [2.05, 4.69) is 43.1 Å². The van der Waals surface area contributed by atoms with E-state index in [1.54, 1.807) is 0 Å². The number of unbranched alkanes of at least 4 members (excludes halogenated alkanes) is 5. The summed E-state index contributed by atoms with van der Waals surface area (Å²) in [4.78, 5) is 14.2. The summed E-state index contributed by atoms with van der Waals surface area (Å²) in [5.74, 6) is 0.727. The minimum Gasteiger partial charge on any atom is -0.339 e. The van der Waals surface area contributed by atoms with E-state index in [-0.39, 0.29) is 0 Å². The monoisotopic (exact) mass is 305 g/mol. The summed E-state index contributed by atoms with van der Waals surface area (Å²) in [5, 5.41) is 0. The molecular formula is C20H35NO. The Balaban J connectivity index is 2.13. The number of rotatable bonds is 13. The molecule has 126 valence electrons. The highest BCUT2D eigenvalue weighted by Crippen LogP contribution is 2.31. The fourth-order valence-electron chi connectivity index (χ4n) is 2.49. The van der Waals surface area contributed by atoms with Crippen LogP contribution in [0.2, 0.25) is 0 Å². The highest BCUT2D eigenvalue weighted by atomic mass is 16.2. The zero-order chi connectivity index (χ0) is 16.0. The van der Waals surface area contributed by atoms with Crippen LogP contribution in [0.4, 0.5) is 0 Å². The molecule has 2 nitrogen and oxygen atoms in total. The highest BCUT2D eigenvalue weighted by molar-refractivity contribution is 5.81. The Hall–Kier alpha value is -1.05. The summed E-state index contributed by atoms with van der Waals surface area (Å²) in [6.45, 7) is 6.15. The Kier molecular flexibility index (Phi) is 10.8. The molecule has 1 aliphatic rings. The fourth-order valence-corrected chi connectivity index (χ4v) is 2.49. The lowest BCUT2D eigenvalue weighted by Gasteiger charge is -2.20. The molecule has 1 fully saturated rings. The third-order valence-electron chi connectivity index (χ3n) is 4.15. The summed E-state index contributed by atoms with van der Waals surface area (Å²) in [6.07, 6.45) is 20.9. The molecule has 0 bridgehead atoms. The van der Waals surface area contributed by atoms with Crippen LogP contribution in [-0.2, 0) is 4.79 Å². The van der Waals surface area contributed by atoms with Crippen molar-refractivity contribution < 1.29 is 4.79 Å². The predicted octanol–water partition coefficient (Wildman–Crippen LogP) is 5.50. The molecule has 2 heteroatoms. The zero-order valence-electron chi connectivity index (χ0n) is 14.7. The first-order valence-corrected chi connectivity index (χ1v) is 9.38. The fraction of sp³-hybridized carbons (Fsp3) is 0.750. The average Bonchev–Trinajstić information content (AvgIpc) is 3.36. The van der Waals surface area contributed by atoms with E-state index in [9.17, 15) is 4.79 Å². The van der Waals surface area contributed by atoms with E-state index in [0.717, 1.165) is 51.6 Å². The third kappa shape index (κ3) is 9.07. The maximum absolute atomic E-state index is 12.2. The molecule has 0 heterocycles. The van der Waals surface area contributed by atoms with Gasteiger partial charge in [-0.15, -0.1) is 0 Å². The number of amides is 1. The number of carbonyl (C=O) groups is 1. The Morgan fingerprint density at radius 3 is 2.18 bits per heavy atom. The number of hydrogen-bond acceptors (Lipinski definition) is 1. The average molecular weight is 306 g/mol. The van der Waals surface area contributed by atoms with E-state index < -0.39 is 0 Å². The van der Waals surface area contributed by atoms with Gasteiger partial charge in [0, 0.05) is 19.0 Å².